The van der Waals surface area contributed by atoms with Crippen molar-refractivity contribution in [3.05, 3.63) is 57.9 Å². The van der Waals surface area contributed by atoms with E-state index >= 15 is 0 Å². The molecule has 0 atom stereocenters. The van der Waals surface area contributed by atoms with Crippen molar-refractivity contribution in [2.45, 2.75) is 41.2 Å². The summed E-state index contributed by atoms with van der Waals surface area (Å²) < 4.78 is 2.36. The predicted octanol–water partition coefficient (Wildman–Crippen LogP) is 4.08. The van der Waals surface area contributed by atoms with E-state index in [2.05, 4.69) is 63.6 Å². The molecule has 0 aliphatic carbocycles. The molecule has 1 heteroatoms. The average Bonchev–Trinajstić information content (AvgIpc) is 2.52. The van der Waals surface area contributed by atoms with Gasteiger partial charge in [0, 0.05) is 18.4 Å². The van der Waals surface area contributed by atoms with Crippen LogP contribution in [0.4, 0.5) is 0 Å². The van der Waals surface area contributed by atoms with Gasteiger partial charge in [-0.3, -0.25) is 0 Å². The van der Waals surface area contributed by atoms with E-state index in [1.165, 1.54) is 33.5 Å². The van der Waals surface area contributed by atoms with Gasteiger partial charge in [-0.15, -0.1) is 0 Å². The maximum Gasteiger partial charge on any atom is 0.0478 e. The minimum absolute atomic E-state index is 0.985. The Balaban J connectivity index is 2.41. The molecule has 1 heterocycles. The number of aromatic nitrogens is 1. The van der Waals surface area contributed by atoms with Crippen molar-refractivity contribution in [3.63, 3.8) is 0 Å². The van der Waals surface area contributed by atoms with Crippen LogP contribution < -0.4 is 0 Å². The summed E-state index contributed by atoms with van der Waals surface area (Å²) in [4.78, 5) is 0. The molecule has 0 spiro atoms. The Labute approximate surface area is 104 Å². The molecule has 90 valence electrons. The lowest BCUT2D eigenvalue weighted by atomic mass is 10.0. The van der Waals surface area contributed by atoms with E-state index in [1.54, 1.807) is 0 Å². The van der Waals surface area contributed by atoms with E-state index in [0.29, 0.717) is 0 Å². The highest BCUT2D eigenvalue weighted by Crippen LogP contribution is 2.19. The van der Waals surface area contributed by atoms with Crippen molar-refractivity contribution in [1.29, 1.82) is 0 Å². The molecule has 1 aromatic carbocycles. The van der Waals surface area contributed by atoms with Gasteiger partial charge in [0.15, 0.2) is 0 Å². The van der Waals surface area contributed by atoms with E-state index in [4.69, 9.17) is 0 Å². The topological polar surface area (TPSA) is 4.93 Å². The standard InChI is InChI=1S/C16H21N/c1-11-7-6-8-12(2)16(11)10-17-9-13(3)14(4)15(17)5/h6-9H,10H2,1-5H3. The van der Waals surface area contributed by atoms with Gasteiger partial charge >= 0.3 is 0 Å². The van der Waals surface area contributed by atoms with Crippen LogP contribution in [0.15, 0.2) is 24.4 Å². The maximum absolute atomic E-state index is 2.36. The third-order valence-electron chi connectivity index (χ3n) is 3.89. The molecule has 0 unspecified atom stereocenters. The highest BCUT2D eigenvalue weighted by atomic mass is 15.0. The van der Waals surface area contributed by atoms with E-state index in [9.17, 15) is 0 Å². The Morgan fingerprint density at radius 2 is 1.47 bits per heavy atom. The van der Waals surface area contributed by atoms with Gasteiger partial charge in [-0.2, -0.15) is 0 Å². The number of benzene rings is 1. The number of hydrogen-bond donors (Lipinski definition) is 0. The molecule has 0 aliphatic rings. The Hall–Kier alpha value is -1.50. The van der Waals surface area contributed by atoms with Crippen LogP contribution in [0.25, 0.3) is 0 Å². The lowest BCUT2D eigenvalue weighted by molar-refractivity contribution is 0.763. The molecule has 0 aliphatic heterocycles. The van der Waals surface area contributed by atoms with Gasteiger partial charge in [-0.05, 0) is 62.4 Å². The fourth-order valence-electron chi connectivity index (χ4n) is 2.36. The van der Waals surface area contributed by atoms with Crippen molar-refractivity contribution in [1.82, 2.24) is 4.57 Å². The van der Waals surface area contributed by atoms with Gasteiger partial charge in [-0.25, -0.2) is 0 Å². The molecule has 0 saturated carbocycles. The first kappa shape index (κ1) is 12.0. The zero-order valence-electron chi connectivity index (χ0n) is 11.5. The summed E-state index contributed by atoms with van der Waals surface area (Å²) in [5.41, 5.74) is 8.39. The second kappa shape index (κ2) is 4.40. The van der Waals surface area contributed by atoms with Crippen molar-refractivity contribution in [2.75, 3.05) is 0 Å². The summed E-state index contributed by atoms with van der Waals surface area (Å²) in [6.07, 6.45) is 2.26. The van der Waals surface area contributed by atoms with E-state index in [1.807, 2.05) is 0 Å². The Bertz CT molecular complexity index is 527. The normalized spacial score (nSPS) is 10.9. The Kier molecular flexibility index (Phi) is 3.10. The van der Waals surface area contributed by atoms with Gasteiger partial charge in [-0.1, -0.05) is 18.2 Å². The zero-order valence-corrected chi connectivity index (χ0v) is 11.5. The van der Waals surface area contributed by atoms with Gasteiger partial charge < -0.3 is 4.57 Å². The van der Waals surface area contributed by atoms with Crippen LogP contribution in [0.5, 0.6) is 0 Å². The summed E-state index contributed by atoms with van der Waals surface area (Å²) in [6, 6.07) is 6.52. The molecule has 0 saturated heterocycles. The molecule has 1 aromatic heterocycles. The molecule has 2 rings (SSSR count). The second-order valence-electron chi connectivity index (χ2n) is 5.02. The second-order valence-corrected chi connectivity index (χ2v) is 5.02. The molecule has 0 amide bonds. The quantitative estimate of drug-likeness (QED) is 0.728. The minimum Gasteiger partial charge on any atom is -0.347 e. The highest BCUT2D eigenvalue weighted by Gasteiger charge is 2.08. The largest absolute Gasteiger partial charge is 0.347 e. The molecule has 0 bridgehead atoms. The number of nitrogens with zero attached hydrogens (tertiary/aromatic N) is 1. The molecule has 1 nitrogen and oxygen atoms in total. The van der Waals surface area contributed by atoms with E-state index in [-0.39, 0.29) is 0 Å². The summed E-state index contributed by atoms with van der Waals surface area (Å²) in [5.74, 6) is 0. The number of aryl methyl sites for hydroxylation is 3. The predicted molar refractivity (Wildman–Crippen MR) is 73.7 cm³/mol. The lowest BCUT2D eigenvalue weighted by Crippen LogP contribution is -2.04. The minimum atomic E-state index is 0.985. The molecule has 0 N–H and O–H groups in total. The van der Waals surface area contributed by atoms with Crippen LogP contribution in [0.3, 0.4) is 0 Å². The van der Waals surface area contributed by atoms with Crippen molar-refractivity contribution >= 4 is 0 Å². The molecule has 0 fully saturated rings. The number of rotatable bonds is 2. The third-order valence-corrected chi connectivity index (χ3v) is 3.89. The molecular formula is C16H21N. The van der Waals surface area contributed by atoms with Gasteiger partial charge in [0.1, 0.15) is 0 Å². The monoisotopic (exact) mass is 227 g/mol. The zero-order chi connectivity index (χ0) is 12.6. The van der Waals surface area contributed by atoms with Crippen LogP contribution in [0.2, 0.25) is 0 Å². The van der Waals surface area contributed by atoms with Crippen LogP contribution in [0.1, 0.15) is 33.5 Å². The van der Waals surface area contributed by atoms with E-state index < -0.39 is 0 Å². The first-order valence-corrected chi connectivity index (χ1v) is 6.18. The summed E-state index contributed by atoms with van der Waals surface area (Å²) in [5, 5.41) is 0. The Morgan fingerprint density at radius 3 is 1.94 bits per heavy atom. The van der Waals surface area contributed by atoms with Crippen LogP contribution >= 0.6 is 0 Å². The lowest BCUT2D eigenvalue weighted by Gasteiger charge is -2.12. The number of hydrogen-bond acceptors (Lipinski definition) is 0. The molecule has 2 aromatic rings. The first-order chi connectivity index (χ1) is 8.00. The summed E-state index contributed by atoms with van der Waals surface area (Å²) in [7, 11) is 0. The average molecular weight is 227 g/mol. The van der Waals surface area contributed by atoms with Crippen LogP contribution in [-0.2, 0) is 6.54 Å². The molecule has 0 radical (unpaired) electrons. The fourth-order valence-corrected chi connectivity index (χ4v) is 2.36. The summed E-state index contributed by atoms with van der Waals surface area (Å²) in [6.45, 7) is 12.0. The maximum atomic E-state index is 2.36. The first-order valence-electron chi connectivity index (χ1n) is 6.18. The smallest absolute Gasteiger partial charge is 0.0478 e. The van der Waals surface area contributed by atoms with Crippen LogP contribution in [0, 0.1) is 34.6 Å². The summed E-state index contributed by atoms with van der Waals surface area (Å²) >= 11 is 0. The fraction of sp³-hybridized carbons (Fsp3) is 0.375. The third kappa shape index (κ3) is 2.14. The molecular weight excluding hydrogens is 206 g/mol. The van der Waals surface area contributed by atoms with Gasteiger partial charge in [0.25, 0.3) is 0 Å². The van der Waals surface area contributed by atoms with Gasteiger partial charge in [0.05, 0.1) is 0 Å². The highest BCUT2D eigenvalue weighted by molar-refractivity contribution is 5.36. The SMILES string of the molecule is Cc1cn(Cc2c(C)cccc2C)c(C)c1C. The molecule has 17 heavy (non-hydrogen) atoms. The van der Waals surface area contributed by atoms with Crippen molar-refractivity contribution < 1.29 is 0 Å². The van der Waals surface area contributed by atoms with Crippen molar-refractivity contribution in [3.8, 4) is 0 Å². The Morgan fingerprint density at radius 1 is 0.882 bits per heavy atom. The van der Waals surface area contributed by atoms with Crippen molar-refractivity contribution in [2.24, 2.45) is 0 Å². The van der Waals surface area contributed by atoms with Crippen LogP contribution in [-0.4, -0.2) is 4.57 Å². The van der Waals surface area contributed by atoms with Gasteiger partial charge in [0.2, 0.25) is 0 Å². The van der Waals surface area contributed by atoms with E-state index in [0.717, 1.165) is 6.54 Å².